The van der Waals surface area contributed by atoms with Crippen molar-refractivity contribution in [3.63, 3.8) is 0 Å². The minimum atomic E-state index is -1.47. The smallest absolute Gasteiger partial charge is 0.335 e. The van der Waals surface area contributed by atoms with Crippen molar-refractivity contribution < 1.29 is 38.2 Å². The Kier molecular flexibility index (Phi) is 9.02. The van der Waals surface area contributed by atoms with Crippen LogP contribution in [0, 0.1) is 5.92 Å². The maximum Gasteiger partial charge on any atom is 0.335 e. The van der Waals surface area contributed by atoms with Gasteiger partial charge in [-0.1, -0.05) is 11.6 Å². The molecule has 0 unspecified atom stereocenters. The third kappa shape index (κ3) is 6.31. The number of halogens is 1. The topological polar surface area (TPSA) is 165 Å². The number of carbonyl (C=O) groups is 5. The molecule has 42 heavy (non-hydrogen) atoms. The van der Waals surface area contributed by atoms with Crippen molar-refractivity contribution in [2.75, 3.05) is 31.5 Å². The van der Waals surface area contributed by atoms with E-state index in [1.807, 2.05) is 0 Å². The zero-order chi connectivity index (χ0) is 30.4. The predicted octanol–water partition coefficient (Wildman–Crippen LogP) is 3.23. The number of hydrogen-bond donors (Lipinski definition) is 3. The molecule has 0 aliphatic carbocycles. The van der Waals surface area contributed by atoms with Crippen LogP contribution in [0.4, 0.5) is 16.2 Å². The minimum Gasteiger partial charge on any atom is -0.493 e. The van der Waals surface area contributed by atoms with Crippen LogP contribution < -0.4 is 35.2 Å². The molecule has 6 amide bonds. The van der Waals surface area contributed by atoms with Gasteiger partial charge in [0.1, 0.15) is 0 Å². The molecule has 14 heteroatoms. The summed E-state index contributed by atoms with van der Waals surface area (Å²) in [4.78, 5) is 63.5. The van der Waals surface area contributed by atoms with Crippen LogP contribution in [-0.4, -0.2) is 57.2 Å². The maximum atomic E-state index is 12.9. The van der Waals surface area contributed by atoms with Crippen LogP contribution in [0.2, 0.25) is 5.02 Å². The first-order valence-electron chi connectivity index (χ1n) is 12.2. The number of urea groups is 1. The van der Waals surface area contributed by atoms with Gasteiger partial charge in [-0.25, -0.2) is 15.1 Å². The molecule has 216 valence electrons. The molecule has 4 rings (SSSR count). The third-order valence-corrected chi connectivity index (χ3v) is 6.26. The molecule has 0 bridgehead atoms. The van der Waals surface area contributed by atoms with Crippen molar-refractivity contribution >= 4 is 58.9 Å². The van der Waals surface area contributed by atoms with Gasteiger partial charge in [-0.05, 0) is 60.7 Å². The first-order valence-corrected chi connectivity index (χ1v) is 12.5. The zero-order valence-corrected chi connectivity index (χ0v) is 23.2. The number of hydrogen-bond acceptors (Lipinski definition) is 9. The van der Waals surface area contributed by atoms with Crippen LogP contribution in [0.15, 0.2) is 65.8 Å². The van der Waals surface area contributed by atoms with Crippen molar-refractivity contribution in [3.8, 4) is 17.2 Å². The van der Waals surface area contributed by atoms with Gasteiger partial charge in [-0.3, -0.25) is 24.5 Å². The lowest BCUT2D eigenvalue weighted by Gasteiger charge is -2.28. The normalized spacial score (nSPS) is 14.8. The fraction of sp³-hybridized carbons (Fsp3) is 0.143. The largest absolute Gasteiger partial charge is 0.493 e. The molecule has 1 aliphatic rings. The number of hydrazone groups is 1. The summed E-state index contributed by atoms with van der Waals surface area (Å²) in [5.41, 5.74) is 3.25. The van der Waals surface area contributed by atoms with E-state index >= 15 is 0 Å². The van der Waals surface area contributed by atoms with Crippen molar-refractivity contribution in [1.29, 1.82) is 0 Å². The van der Waals surface area contributed by atoms with E-state index in [1.54, 1.807) is 0 Å². The molecule has 13 nitrogen and oxygen atoms in total. The van der Waals surface area contributed by atoms with E-state index in [-0.39, 0.29) is 16.8 Å². The van der Waals surface area contributed by atoms with Gasteiger partial charge in [-0.15, -0.1) is 0 Å². The van der Waals surface area contributed by atoms with Crippen molar-refractivity contribution in [3.05, 3.63) is 76.8 Å². The zero-order valence-electron chi connectivity index (χ0n) is 22.5. The first kappa shape index (κ1) is 29.6. The third-order valence-electron chi connectivity index (χ3n) is 6.01. The number of nitrogens with one attached hydrogen (secondary N) is 3. The number of methoxy groups -OCH3 is 3. The lowest BCUT2D eigenvalue weighted by molar-refractivity contribution is -0.131. The predicted molar refractivity (Wildman–Crippen MR) is 152 cm³/mol. The fourth-order valence-corrected chi connectivity index (χ4v) is 4.04. The van der Waals surface area contributed by atoms with E-state index in [9.17, 15) is 24.0 Å². The summed E-state index contributed by atoms with van der Waals surface area (Å²) in [6.07, 6.45) is 0.927. The molecule has 0 spiro atoms. The SMILES string of the molecule is COc1cc(C(=O)Nc2ccc(C(=O)N/N=C\[C@@H]3C(=O)NC(=O)N(c4ccc(Cl)cc4)C3=O)cc2)cc(OC)c1OC. The van der Waals surface area contributed by atoms with Gasteiger partial charge in [-0.2, -0.15) is 5.10 Å². The van der Waals surface area contributed by atoms with Crippen LogP contribution >= 0.6 is 11.6 Å². The lowest BCUT2D eigenvalue weighted by Crippen LogP contribution is -2.58. The maximum absolute atomic E-state index is 12.9. The van der Waals surface area contributed by atoms with Crippen LogP contribution in [-0.2, 0) is 9.59 Å². The van der Waals surface area contributed by atoms with Gasteiger partial charge in [0.15, 0.2) is 17.4 Å². The van der Waals surface area contributed by atoms with Gasteiger partial charge in [0, 0.05) is 28.1 Å². The Morgan fingerprint density at radius 3 is 2.07 bits per heavy atom. The molecule has 1 atom stereocenters. The summed E-state index contributed by atoms with van der Waals surface area (Å²) < 4.78 is 15.8. The Morgan fingerprint density at radius 2 is 1.50 bits per heavy atom. The second kappa shape index (κ2) is 12.8. The van der Waals surface area contributed by atoms with E-state index < -0.39 is 35.6 Å². The van der Waals surface area contributed by atoms with Gasteiger partial charge >= 0.3 is 6.03 Å². The average molecular weight is 594 g/mol. The summed E-state index contributed by atoms with van der Waals surface area (Å²) in [6.45, 7) is 0. The van der Waals surface area contributed by atoms with Gasteiger partial charge in [0.05, 0.1) is 27.0 Å². The van der Waals surface area contributed by atoms with Gasteiger partial charge in [0.25, 0.3) is 17.7 Å². The minimum absolute atomic E-state index is 0.176. The van der Waals surface area contributed by atoms with E-state index in [0.29, 0.717) is 28.0 Å². The summed E-state index contributed by atoms with van der Waals surface area (Å²) in [6, 6.07) is 13.8. The highest BCUT2D eigenvalue weighted by molar-refractivity contribution is 6.33. The van der Waals surface area contributed by atoms with Crippen LogP contribution in [0.5, 0.6) is 17.2 Å². The molecule has 1 saturated heterocycles. The fourth-order valence-electron chi connectivity index (χ4n) is 3.91. The summed E-state index contributed by atoms with van der Waals surface area (Å²) in [7, 11) is 4.32. The molecule has 3 N–H and O–H groups in total. The van der Waals surface area contributed by atoms with E-state index in [4.69, 9.17) is 25.8 Å². The molecular formula is C28H24ClN5O8. The quantitative estimate of drug-likeness (QED) is 0.193. The first-order chi connectivity index (χ1) is 20.2. The lowest BCUT2D eigenvalue weighted by atomic mass is 10.1. The highest BCUT2D eigenvalue weighted by atomic mass is 35.5. The van der Waals surface area contributed by atoms with Crippen LogP contribution in [0.25, 0.3) is 0 Å². The number of anilines is 2. The van der Waals surface area contributed by atoms with Crippen molar-refractivity contribution in [1.82, 2.24) is 10.7 Å². The standard InChI is InChI=1S/C28H24ClN5O8/c1-40-21-12-16(13-22(41-2)23(21)42-3)24(35)31-18-8-4-15(5-9-18)25(36)33-30-14-20-26(37)32-28(39)34(27(20)38)19-10-6-17(29)7-11-19/h4-14,20H,1-3H3,(H,31,35)(H,33,36)(H,32,37,39)/b30-14-/t20-/m1/s1. The number of amides is 6. The molecule has 1 fully saturated rings. The van der Waals surface area contributed by atoms with Crippen molar-refractivity contribution in [2.24, 2.45) is 11.0 Å². The summed E-state index contributed by atoms with van der Waals surface area (Å²) in [5, 5.41) is 8.92. The van der Waals surface area contributed by atoms with Gasteiger partial charge < -0.3 is 19.5 Å². The Hall–Kier alpha value is -5.43. The number of carbonyl (C=O) groups excluding carboxylic acids is 5. The molecule has 3 aromatic rings. The van der Waals surface area contributed by atoms with Crippen molar-refractivity contribution in [2.45, 2.75) is 0 Å². The Labute approximate surface area is 244 Å². The second-order valence-corrected chi connectivity index (χ2v) is 9.02. The number of rotatable bonds is 9. The summed E-state index contributed by atoms with van der Waals surface area (Å²) in [5.74, 6) is -3.35. The highest BCUT2D eigenvalue weighted by Crippen LogP contribution is 2.38. The molecule has 0 aromatic heterocycles. The Morgan fingerprint density at radius 1 is 0.881 bits per heavy atom. The molecule has 3 aromatic carbocycles. The Balaban J connectivity index is 1.39. The molecule has 0 saturated carbocycles. The molecule has 1 heterocycles. The van der Waals surface area contributed by atoms with E-state index in [0.717, 1.165) is 11.1 Å². The number of barbiturate groups is 1. The Bertz CT molecular complexity index is 1550. The van der Waals surface area contributed by atoms with Crippen LogP contribution in [0.1, 0.15) is 20.7 Å². The number of imide groups is 2. The number of ether oxygens (including phenoxy) is 3. The second-order valence-electron chi connectivity index (χ2n) is 8.59. The highest BCUT2D eigenvalue weighted by Gasteiger charge is 2.40. The molecule has 1 aliphatic heterocycles. The van der Waals surface area contributed by atoms with E-state index in [2.05, 4.69) is 21.2 Å². The average Bonchev–Trinajstić information content (AvgIpc) is 2.99. The monoisotopic (exact) mass is 593 g/mol. The number of nitrogens with zero attached hydrogens (tertiary/aromatic N) is 2. The summed E-state index contributed by atoms with van der Waals surface area (Å²) >= 11 is 5.86. The molecule has 0 radical (unpaired) electrons. The number of benzene rings is 3. The van der Waals surface area contributed by atoms with E-state index in [1.165, 1.54) is 82.0 Å². The van der Waals surface area contributed by atoms with Gasteiger partial charge in [0.2, 0.25) is 11.7 Å². The van der Waals surface area contributed by atoms with Crippen LogP contribution in [0.3, 0.4) is 0 Å². The molecular weight excluding hydrogens is 570 g/mol.